The molecule has 0 bridgehead atoms. The summed E-state index contributed by atoms with van der Waals surface area (Å²) in [6, 6.07) is 0. The van der Waals surface area contributed by atoms with Gasteiger partial charge in [0.15, 0.2) is 0 Å². The van der Waals surface area contributed by atoms with Crippen molar-refractivity contribution in [2.75, 3.05) is 18.0 Å². The Bertz CT molecular complexity index is 255. The molecule has 0 unspecified atom stereocenters. The molecule has 0 N–H and O–H groups in total. The maximum Gasteiger partial charge on any atom is 0.147 e. The van der Waals surface area contributed by atoms with Gasteiger partial charge < -0.3 is 4.90 Å². The summed E-state index contributed by atoms with van der Waals surface area (Å²) in [5.41, 5.74) is 0. The van der Waals surface area contributed by atoms with E-state index in [0.717, 1.165) is 36.4 Å². The van der Waals surface area contributed by atoms with Crippen LogP contribution in [-0.4, -0.2) is 23.1 Å². The molecule has 0 amide bonds. The van der Waals surface area contributed by atoms with Crippen molar-refractivity contribution in [3.63, 3.8) is 0 Å². The lowest BCUT2D eigenvalue weighted by Gasteiger charge is -2.21. The first-order chi connectivity index (χ1) is 6.77. The summed E-state index contributed by atoms with van der Waals surface area (Å²) in [5.74, 6) is 0.969. The van der Waals surface area contributed by atoms with E-state index in [2.05, 4.69) is 44.6 Å². The summed E-state index contributed by atoms with van der Waals surface area (Å²) in [6.45, 7) is 6.44. The van der Waals surface area contributed by atoms with Crippen molar-refractivity contribution in [3.05, 3.63) is 17.0 Å². The van der Waals surface area contributed by atoms with Gasteiger partial charge in [-0.05, 0) is 28.8 Å². The first kappa shape index (κ1) is 11.4. The summed E-state index contributed by atoms with van der Waals surface area (Å²) in [7, 11) is 0. The van der Waals surface area contributed by atoms with Crippen LogP contribution in [0.2, 0.25) is 0 Å². The van der Waals surface area contributed by atoms with Crippen LogP contribution < -0.4 is 4.90 Å². The highest BCUT2D eigenvalue weighted by Gasteiger charge is 2.05. The Labute approximate surface area is 93.7 Å². The Kier molecular flexibility index (Phi) is 4.87. The molecule has 1 rings (SSSR count). The monoisotopic (exact) mass is 257 g/mol. The Balaban J connectivity index is 2.71. The highest BCUT2D eigenvalue weighted by Crippen LogP contribution is 2.12. The third-order valence-electron chi connectivity index (χ3n) is 1.92. The van der Waals surface area contributed by atoms with Crippen molar-refractivity contribution in [1.29, 1.82) is 0 Å². The minimum Gasteiger partial charge on any atom is -0.355 e. The molecule has 0 radical (unpaired) electrons. The second-order valence-electron chi connectivity index (χ2n) is 3.18. The summed E-state index contributed by atoms with van der Waals surface area (Å²) >= 11 is 3.28. The predicted octanol–water partition coefficient (Wildman–Crippen LogP) is 2.87. The van der Waals surface area contributed by atoms with Gasteiger partial charge in [0.25, 0.3) is 0 Å². The summed E-state index contributed by atoms with van der Waals surface area (Å²) in [5, 5.41) is 0. The quantitative estimate of drug-likeness (QED) is 0.813. The molecule has 0 spiro atoms. The molecule has 1 heterocycles. The largest absolute Gasteiger partial charge is 0.355 e. The first-order valence-electron chi connectivity index (χ1n) is 5.00. The molecular formula is C10H16BrN3. The highest BCUT2D eigenvalue weighted by molar-refractivity contribution is 9.10. The standard InChI is InChI=1S/C10H16BrN3/c1-3-5-14(6-4-2)10-8-12-9(11)7-13-10/h7-8H,3-6H2,1-2H3. The molecule has 0 saturated carbocycles. The van der Waals surface area contributed by atoms with Gasteiger partial charge in [0.05, 0.1) is 12.4 Å². The van der Waals surface area contributed by atoms with Gasteiger partial charge >= 0.3 is 0 Å². The van der Waals surface area contributed by atoms with Crippen LogP contribution >= 0.6 is 15.9 Å². The SMILES string of the molecule is CCCN(CCC)c1cnc(Br)cn1. The fourth-order valence-electron chi connectivity index (χ4n) is 1.35. The van der Waals surface area contributed by atoms with Gasteiger partial charge in [0, 0.05) is 13.1 Å². The zero-order valence-corrected chi connectivity index (χ0v) is 10.3. The Morgan fingerprint density at radius 1 is 1.14 bits per heavy atom. The van der Waals surface area contributed by atoms with Crippen molar-refractivity contribution in [2.24, 2.45) is 0 Å². The van der Waals surface area contributed by atoms with E-state index in [-0.39, 0.29) is 0 Å². The molecule has 14 heavy (non-hydrogen) atoms. The van der Waals surface area contributed by atoms with Crippen LogP contribution in [0, 0.1) is 0 Å². The molecule has 4 heteroatoms. The van der Waals surface area contributed by atoms with E-state index in [1.165, 1.54) is 0 Å². The zero-order chi connectivity index (χ0) is 10.4. The lowest BCUT2D eigenvalue weighted by molar-refractivity contribution is 0.731. The maximum atomic E-state index is 4.33. The van der Waals surface area contributed by atoms with E-state index in [0.29, 0.717) is 0 Å². The van der Waals surface area contributed by atoms with Gasteiger partial charge in [-0.15, -0.1) is 0 Å². The van der Waals surface area contributed by atoms with Crippen LogP contribution in [0.15, 0.2) is 17.0 Å². The molecule has 1 aromatic rings. The summed E-state index contributed by atoms with van der Waals surface area (Å²) < 4.78 is 0.786. The molecule has 0 atom stereocenters. The van der Waals surface area contributed by atoms with Crippen LogP contribution in [0.1, 0.15) is 26.7 Å². The van der Waals surface area contributed by atoms with Gasteiger partial charge in [0.1, 0.15) is 10.4 Å². The summed E-state index contributed by atoms with van der Waals surface area (Å²) in [6.07, 6.45) is 5.83. The molecule has 78 valence electrons. The smallest absolute Gasteiger partial charge is 0.147 e. The van der Waals surface area contributed by atoms with E-state index >= 15 is 0 Å². The van der Waals surface area contributed by atoms with E-state index in [1.807, 2.05) is 6.20 Å². The maximum absolute atomic E-state index is 4.33. The van der Waals surface area contributed by atoms with Gasteiger partial charge in [0.2, 0.25) is 0 Å². The van der Waals surface area contributed by atoms with Crippen LogP contribution in [0.4, 0.5) is 5.82 Å². The first-order valence-corrected chi connectivity index (χ1v) is 5.79. The number of nitrogens with zero attached hydrogens (tertiary/aromatic N) is 3. The number of aromatic nitrogens is 2. The molecular weight excluding hydrogens is 242 g/mol. The summed E-state index contributed by atoms with van der Waals surface area (Å²) in [4.78, 5) is 10.8. The minimum absolute atomic E-state index is 0.786. The number of hydrogen-bond donors (Lipinski definition) is 0. The Hall–Kier alpha value is -0.640. The molecule has 3 nitrogen and oxygen atoms in total. The average molecular weight is 258 g/mol. The second-order valence-corrected chi connectivity index (χ2v) is 4.00. The van der Waals surface area contributed by atoms with Gasteiger partial charge in [-0.25, -0.2) is 9.97 Å². The van der Waals surface area contributed by atoms with Gasteiger partial charge in [-0.1, -0.05) is 13.8 Å². The van der Waals surface area contributed by atoms with Gasteiger partial charge in [-0.2, -0.15) is 0 Å². The minimum atomic E-state index is 0.786. The Morgan fingerprint density at radius 3 is 2.21 bits per heavy atom. The predicted molar refractivity (Wildman–Crippen MR) is 62.5 cm³/mol. The fourth-order valence-corrected chi connectivity index (χ4v) is 1.55. The van der Waals surface area contributed by atoms with E-state index in [4.69, 9.17) is 0 Å². The topological polar surface area (TPSA) is 29.0 Å². The highest BCUT2D eigenvalue weighted by atomic mass is 79.9. The third-order valence-corrected chi connectivity index (χ3v) is 2.33. The van der Waals surface area contributed by atoms with Crippen LogP contribution in [0.3, 0.4) is 0 Å². The number of halogens is 1. The molecule has 1 aromatic heterocycles. The van der Waals surface area contributed by atoms with Gasteiger partial charge in [-0.3, -0.25) is 0 Å². The average Bonchev–Trinajstić information content (AvgIpc) is 2.19. The number of rotatable bonds is 5. The lowest BCUT2D eigenvalue weighted by atomic mass is 10.3. The molecule has 0 fully saturated rings. The van der Waals surface area contributed by atoms with Crippen LogP contribution in [0.25, 0.3) is 0 Å². The van der Waals surface area contributed by atoms with Crippen molar-refractivity contribution < 1.29 is 0 Å². The van der Waals surface area contributed by atoms with Crippen molar-refractivity contribution >= 4 is 21.7 Å². The fraction of sp³-hybridized carbons (Fsp3) is 0.600. The van der Waals surface area contributed by atoms with Crippen molar-refractivity contribution in [1.82, 2.24) is 9.97 Å². The molecule has 0 aliphatic rings. The number of hydrogen-bond acceptors (Lipinski definition) is 3. The molecule has 0 aliphatic carbocycles. The van der Waals surface area contributed by atoms with Crippen molar-refractivity contribution in [2.45, 2.75) is 26.7 Å². The van der Waals surface area contributed by atoms with Crippen LogP contribution in [-0.2, 0) is 0 Å². The zero-order valence-electron chi connectivity index (χ0n) is 8.70. The second kappa shape index (κ2) is 5.96. The van der Waals surface area contributed by atoms with Crippen LogP contribution in [0.5, 0.6) is 0 Å². The number of anilines is 1. The van der Waals surface area contributed by atoms with Crippen molar-refractivity contribution in [3.8, 4) is 0 Å². The lowest BCUT2D eigenvalue weighted by Crippen LogP contribution is -2.25. The third kappa shape index (κ3) is 3.25. The van der Waals surface area contributed by atoms with E-state index in [9.17, 15) is 0 Å². The molecule has 0 saturated heterocycles. The molecule has 0 aliphatic heterocycles. The normalized spacial score (nSPS) is 10.2. The van der Waals surface area contributed by atoms with E-state index < -0.39 is 0 Å². The Morgan fingerprint density at radius 2 is 1.79 bits per heavy atom. The van der Waals surface area contributed by atoms with E-state index in [1.54, 1.807) is 6.20 Å². The molecule has 0 aromatic carbocycles.